The lowest BCUT2D eigenvalue weighted by atomic mass is 9.51. The van der Waals surface area contributed by atoms with E-state index in [1.165, 1.54) is 22.3 Å². The number of methoxy groups -OCH3 is 1. The zero-order valence-corrected chi connectivity index (χ0v) is 19.1. The van der Waals surface area contributed by atoms with Crippen molar-refractivity contribution in [3.63, 3.8) is 0 Å². The van der Waals surface area contributed by atoms with Crippen molar-refractivity contribution in [1.82, 2.24) is 0 Å². The first kappa shape index (κ1) is 21.7. The van der Waals surface area contributed by atoms with Gasteiger partial charge in [0.2, 0.25) is 0 Å². The molecule has 2 fully saturated rings. The van der Waals surface area contributed by atoms with Crippen LogP contribution in [0.3, 0.4) is 0 Å². The largest absolute Gasteiger partial charge is 0.497 e. The third-order valence-electron chi connectivity index (χ3n) is 8.95. The highest BCUT2D eigenvalue weighted by Crippen LogP contribution is 2.67. The van der Waals surface area contributed by atoms with E-state index in [0.717, 1.165) is 44.3 Å². The van der Waals surface area contributed by atoms with E-state index in [2.05, 4.69) is 25.1 Å². The van der Waals surface area contributed by atoms with E-state index < -0.39 is 5.60 Å². The molecule has 2 N–H and O–H groups in total. The Morgan fingerprint density at radius 1 is 1.22 bits per heavy atom. The highest BCUT2D eigenvalue weighted by Gasteiger charge is 2.61. The molecule has 0 unspecified atom stereocenters. The molecular weight excluding hydrogens is 400 g/mol. The molecule has 5 atom stereocenters. The van der Waals surface area contributed by atoms with Crippen LogP contribution in [0, 0.1) is 17.3 Å². The van der Waals surface area contributed by atoms with Crippen molar-refractivity contribution in [2.24, 2.45) is 17.3 Å². The summed E-state index contributed by atoms with van der Waals surface area (Å²) in [7, 11) is 1.70. The van der Waals surface area contributed by atoms with Crippen LogP contribution in [0.15, 0.2) is 59.2 Å². The van der Waals surface area contributed by atoms with Gasteiger partial charge in [-0.25, -0.2) is 0 Å². The minimum absolute atomic E-state index is 0.0523. The first-order valence-electron chi connectivity index (χ1n) is 12.0. The monoisotopic (exact) mass is 434 g/mol. The van der Waals surface area contributed by atoms with Gasteiger partial charge in [0.1, 0.15) is 5.75 Å². The fourth-order valence-electron chi connectivity index (χ4n) is 7.38. The predicted octanol–water partition coefficient (Wildman–Crippen LogP) is 4.87. The molecule has 4 heteroatoms. The molecular formula is C28H34O4. The van der Waals surface area contributed by atoms with E-state index in [0.29, 0.717) is 18.3 Å². The Hall–Kier alpha value is -2.17. The smallest absolute Gasteiger partial charge is 0.156 e. The summed E-state index contributed by atoms with van der Waals surface area (Å²) < 4.78 is 5.55. The van der Waals surface area contributed by atoms with Crippen molar-refractivity contribution in [3.8, 4) is 5.75 Å². The van der Waals surface area contributed by atoms with Crippen molar-refractivity contribution in [1.29, 1.82) is 0 Å². The van der Waals surface area contributed by atoms with Gasteiger partial charge < -0.3 is 14.9 Å². The Bertz CT molecular complexity index is 1020. The highest BCUT2D eigenvalue weighted by atomic mass is 16.5. The first-order valence-corrected chi connectivity index (χ1v) is 12.0. The van der Waals surface area contributed by atoms with Gasteiger partial charge in [-0.2, -0.15) is 0 Å². The van der Waals surface area contributed by atoms with Crippen LogP contribution in [0.2, 0.25) is 0 Å². The molecule has 0 bridgehead atoms. The number of hydrogen-bond acceptors (Lipinski definition) is 4. The van der Waals surface area contributed by atoms with E-state index in [4.69, 9.17) is 4.74 Å². The number of carbonyl (C=O) groups excluding carboxylic acids is 1. The number of rotatable bonds is 4. The Morgan fingerprint density at radius 2 is 2.06 bits per heavy atom. The Morgan fingerprint density at radius 3 is 2.84 bits per heavy atom. The zero-order chi connectivity index (χ0) is 22.5. The van der Waals surface area contributed by atoms with Crippen molar-refractivity contribution < 1.29 is 19.7 Å². The molecule has 32 heavy (non-hydrogen) atoms. The Balaban J connectivity index is 1.68. The zero-order valence-electron chi connectivity index (χ0n) is 19.1. The van der Waals surface area contributed by atoms with Crippen molar-refractivity contribution in [2.75, 3.05) is 13.7 Å². The molecule has 4 nitrogen and oxygen atoms in total. The average Bonchev–Trinajstić information content (AvgIpc) is 3.07. The molecule has 0 aliphatic heterocycles. The molecule has 0 radical (unpaired) electrons. The minimum Gasteiger partial charge on any atom is -0.497 e. The SMILES string of the molecule is COc1cccc([C@H]2C[C@@]3(C)[C@@H](CC[C@@]3(O)C=CCO)[C@@H]3CCC4=CC(=O)CCC4=C32)c1. The van der Waals surface area contributed by atoms with Gasteiger partial charge in [0, 0.05) is 17.8 Å². The van der Waals surface area contributed by atoms with Crippen LogP contribution in [0.5, 0.6) is 5.75 Å². The van der Waals surface area contributed by atoms with Crippen LogP contribution >= 0.6 is 0 Å². The topological polar surface area (TPSA) is 66.8 Å². The van der Waals surface area contributed by atoms with Gasteiger partial charge in [0.25, 0.3) is 0 Å². The predicted molar refractivity (Wildman–Crippen MR) is 124 cm³/mol. The lowest BCUT2D eigenvalue weighted by Gasteiger charge is -2.54. The maximum absolute atomic E-state index is 12.2. The summed E-state index contributed by atoms with van der Waals surface area (Å²) in [6, 6.07) is 8.36. The lowest BCUT2D eigenvalue weighted by molar-refractivity contribution is -0.114. The summed E-state index contributed by atoms with van der Waals surface area (Å²) in [5.41, 5.74) is 4.23. The van der Waals surface area contributed by atoms with Crippen LogP contribution in [0.1, 0.15) is 63.4 Å². The molecule has 170 valence electrons. The van der Waals surface area contributed by atoms with Crippen LogP contribution in [-0.4, -0.2) is 35.3 Å². The van der Waals surface area contributed by atoms with E-state index in [-0.39, 0.29) is 23.7 Å². The summed E-state index contributed by atoms with van der Waals surface area (Å²) in [4.78, 5) is 12.2. The number of aliphatic hydroxyl groups is 2. The van der Waals surface area contributed by atoms with E-state index >= 15 is 0 Å². The van der Waals surface area contributed by atoms with Crippen LogP contribution < -0.4 is 4.74 Å². The number of carbonyl (C=O) groups is 1. The maximum Gasteiger partial charge on any atom is 0.156 e. The molecule has 1 aromatic carbocycles. The highest BCUT2D eigenvalue weighted by molar-refractivity contribution is 5.93. The number of ketones is 1. The van der Waals surface area contributed by atoms with Gasteiger partial charge in [-0.15, -0.1) is 0 Å². The second-order valence-corrected chi connectivity index (χ2v) is 10.3. The first-order chi connectivity index (χ1) is 15.4. The summed E-state index contributed by atoms with van der Waals surface area (Å²) in [5, 5.41) is 21.2. The summed E-state index contributed by atoms with van der Waals surface area (Å²) in [5.74, 6) is 2.12. The third-order valence-corrected chi connectivity index (χ3v) is 8.95. The normalized spacial score (nSPS) is 36.6. The fraction of sp³-hybridized carbons (Fsp3) is 0.536. The van der Waals surface area contributed by atoms with Crippen LogP contribution in [-0.2, 0) is 4.79 Å². The van der Waals surface area contributed by atoms with Gasteiger partial charge in [0.15, 0.2) is 5.78 Å². The average molecular weight is 435 g/mol. The van der Waals surface area contributed by atoms with Gasteiger partial charge >= 0.3 is 0 Å². The van der Waals surface area contributed by atoms with E-state index in [1.54, 1.807) is 13.2 Å². The molecule has 4 aliphatic rings. The standard InChI is InChI=1S/C28H34O4/c1-27-17-24(18-5-3-6-21(16-18)32-2)26-22-10-8-20(30)15-19(22)7-9-23(26)25(27)11-13-28(27,31)12-4-14-29/h3-6,12,15-16,23-25,29,31H,7-11,13-14,17H2,1-2H3/t23-,24+,25-,27-,28-/m0/s1. The summed E-state index contributed by atoms with van der Waals surface area (Å²) >= 11 is 0. The number of aliphatic hydroxyl groups excluding tert-OH is 1. The molecule has 2 saturated carbocycles. The minimum atomic E-state index is -0.910. The fourth-order valence-corrected chi connectivity index (χ4v) is 7.38. The quantitative estimate of drug-likeness (QED) is 0.663. The Kier molecular flexibility index (Phi) is 5.42. The molecule has 1 aromatic rings. The molecule has 0 saturated heterocycles. The summed E-state index contributed by atoms with van der Waals surface area (Å²) in [6.45, 7) is 2.21. The maximum atomic E-state index is 12.2. The number of ether oxygens (including phenoxy) is 1. The number of fused-ring (bicyclic) bond motifs is 4. The number of allylic oxidation sites excluding steroid dienone is 4. The molecule has 5 rings (SSSR count). The van der Waals surface area contributed by atoms with E-state index in [1.807, 2.05) is 18.2 Å². The molecule has 0 heterocycles. The molecule has 0 amide bonds. The van der Waals surface area contributed by atoms with Gasteiger partial charge in [-0.1, -0.05) is 36.8 Å². The van der Waals surface area contributed by atoms with Gasteiger partial charge in [0.05, 0.1) is 19.3 Å². The Labute approximate surface area is 190 Å². The lowest BCUT2D eigenvalue weighted by Crippen LogP contribution is -2.50. The van der Waals surface area contributed by atoms with Crippen molar-refractivity contribution >= 4 is 5.78 Å². The van der Waals surface area contributed by atoms with E-state index in [9.17, 15) is 15.0 Å². The number of hydrogen-bond donors (Lipinski definition) is 2. The van der Waals surface area contributed by atoms with Crippen molar-refractivity contribution in [3.05, 3.63) is 64.8 Å². The van der Waals surface area contributed by atoms with Crippen molar-refractivity contribution in [2.45, 2.75) is 63.4 Å². The molecule has 0 spiro atoms. The second kappa shape index (κ2) is 8.00. The third kappa shape index (κ3) is 3.22. The van der Waals surface area contributed by atoms with Gasteiger partial charge in [-0.05, 0) is 85.3 Å². The second-order valence-electron chi connectivity index (χ2n) is 10.3. The molecule has 4 aliphatic carbocycles. The molecule has 0 aromatic heterocycles. The van der Waals surface area contributed by atoms with Crippen LogP contribution in [0.25, 0.3) is 0 Å². The summed E-state index contributed by atoms with van der Waals surface area (Å²) in [6.07, 6.45) is 11.5. The van der Waals surface area contributed by atoms with Gasteiger partial charge in [-0.3, -0.25) is 4.79 Å². The number of benzene rings is 1. The van der Waals surface area contributed by atoms with Crippen LogP contribution in [0.4, 0.5) is 0 Å².